The van der Waals surface area contributed by atoms with Crippen LogP contribution in [0.15, 0.2) is 40.4 Å². The van der Waals surface area contributed by atoms with Gasteiger partial charge in [-0.2, -0.15) is 0 Å². The lowest BCUT2D eigenvalue weighted by atomic mass is 10.1. The first-order chi connectivity index (χ1) is 13.0. The first kappa shape index (κ1) is 18.4. The van der Waals surface area contributed by atoms with E-state index in [9.17, 15) is 9.59 Å². The van der Waals surface area contributed by atoms with E-state index in [2.05, 4.69) is 9.88 Å². The summed E-state index contributed by atoms with van der Waals surface area (Å²) >= 11 is 7.78. The minimum atomic E-state index is -0.185. The number of hydrogen-bond donors (Lipinski definition) is 0. The second kappa shape index (κ2) is 7.56. The van der Waals surface area contributed by atoms with Crippen LogP contribution in [0, 0.1) is 12.8 Å². The van der Waals surface area contributed by atoms with E-state index in [1.807, 2.05) is 29.2 Å². The maximum absolute atomic E-state index is 13.0. The van der Waals surface area contributed by atoms with Crippen LogP contribution in [0.2, 0.25) is 5.02 Å². The van der Waals surface area contributed by atoms with Crippen LogP contribution in [0.25, 0.3) is 0 Å². The summed E-state index contributed by atoms with van der Waals surface area (Å²) in [4.78, 5) is 33.8. The molecule has 0 aliphatic carbocycles. The average Bonchev–Trinajstić information content (AvgIpc) is 2.71. The average molecular weight is 405 g/mol. The van der Waals surface area contributed by atoms with Gasteiger partial charge in [0.05, 0.1) is 16.6 Å². The summed E-state index contributed by atoms with van der Waals surface area (Å²) in [7, 11) is 0. The molecule has 1 saturated heterocycles. The van der Waals surface area contributed by atoms with Crippen molar-refractivity contribution in [2.45, 2.75) is 18.6 Å². The highest BCUT2D eigenvalue weighted by molar-refractivity contribution is 7.99. The molecular formula is C19H21ClN4O2S. The molecule has 1 unspecified atom stereocenters. The number of hydrogen-bond acceptors (Lipinski definition) is 5. The Morgan fingerprint density at radius 1 is 1.22 bits per heavy atom. The number of thioether (sulfide) groups is 1. The summed E-state index contributed by atoms with van der Waals surface area (Å²) in [6, 6.07) is 7.79. The number of nitrogens with zero attached hydrogens (tertiary/aromatic N) is 4. The van der Waals surface area contributed by atoms with E-state index in [4.69, 9.17) is 11.6 Å². The van der Waals surface area contributed by atoms with Crippen molar-refractivity contribution in [2.75, 3.05) is 36.8 Å². The van der Waals surface area contributed by atoms with Gasteiger partial charge in [0.15, 0.2) is 5.16 Å². The number of amides is 1. The molecule has 27 heavy (non-hydrogen) atoms. The monoisotopic (exact) mass is 404 g/mol. The van der Waals surface area contributed by atoms with Crippen molar-refractivity contribution in [3.63, 3.8) is 0 Å². The van der Waals surface area contributed by atoms with Crippen LogP contribution < -0.4 is 10.5 Å². The van der Waals surface area contributed by atoms with E-state index < -0.39 is 0 Å². The normalized spacial score (nSPS) is 19.7. The Labute approximate surface area is 167 Å². The number of fused-ring (bicyclic) bond motifs is 1. The Morgan fingerprint density at radius 3 is 2.70 bits per heavy atom. The number of halogens is 1. The van der Waals surface area contributed by atoms with Crippen molar-refractivity contribution in [1.29, 1.82) is 0 Å². The molecule has 4 rings (SSSR count). The van der Waals surface area contributed by atoms with Crippen LogP contribution in [0.5, 0.6) is 0 Å². The molecule has 1 atom stereocenters. The highest BCUT2D eigenvalue weighted by atomic mass is 35.5. The van der Waals surface area contributed by atoms with E-state index in [1.165, 1.54) is 11.8 Å². The van der Waals surface area contributed by atoms with Gasteiger partial charge in [0.1, 0.15) is 0 Å². The van der Waals surface area contributed by atoms with Crippen molar-refractivity contribution in [3.8, 4) is 0 Å². The number of rotatable bonds is 2. The van der Waals surface area contributed by atoms with Gasteiger partial charge in [-0.3, -0.25) is 14.2 Å². The smallest absolute Gasteiger partial charge is 0.257 e. The second-order valence-electron chi connectivity index (χ2n) is 6.91. The predicted molar refractivity (Wildman–Crippen MR) is 108 cm³/mol. The Kier molecular flexibility index (Phi) is 5.14. The molecule has 1 amide bonds. The molecule has 0 N–H and O–H groups in total. The fraction of sp³-hybridized carbons (Fsp3) is 0.421. The molecule has 1 fully saturated rings. The largest absolute Gasteiger partial charge is 0.367 e. The van der Waals surface area contributed by atoms with Gasteiger partial charge in [0, 0.05) is 50.2 Å². The summed E-state index contributed by atoms with van der Waals surface area (Å²) in [6.45, 7) is 5.02. The molecular weight excluding hydrogens is 384 g/mol. The van der Waals surface area contributed by atoms with Gasteiger partial charge in [-0.15, -0.1) is 0 Å². The maximum atomic E-state index is 13.0. The Hall–Kier alpha value is -1.99. The molecule has 1 aromatic carbocycles. The molecule has 6 nitrogen and oxygen atoms in total. The van der Waals surface area contributed by atoms with Gasteiger partial charge in [-0.25, -0.2) is 4.98 Å². The molecule has 2 aromatic rings. The number of aryl methyl sites for hydroxylation is 1. The van der Waals surface area contributed by atoms with E-state index >= 15 is 0 Å². The third-order valence-corrected chi connectivity index (χ3v) is 6.60. The van der Waals surface area contributed by atoms with Crippen molar-refractivity contribution in [3.05, 3.63) is 51.4 Å². The molecule has 0 spiro atoms. The van der Waals surface area contributed by atoms with Crippen molar-refractivity contribution in [2.24, 2.45) is 5.92 Å². The lowest BCUT2D eigenvalue weighted by molar-refractivity contribution is -0.135. The van der Waals surface area contributed by atoms with Crippen molar-refractivity contribution < 1.29 is 4.79 Å². The molecule has 0 bridgehead atoms. The Morgan fingerprint density at radius 2 is 1.96 bits per heavy atom. The second-order valence-corrected chi connectivity index (χ2v) is 8.31. The lowest BCUT2D eigenvalue weighted by Crippen LogP contribution is -2.52. The fourth-order valence-corrected chi connectivity index (χ4v) is 4.88. The van der Waals surface area contributed by atoms with Gasteiger partial charge in [-0.1, -0.05) is 35.5 Å². The van der Waals surface area contributed by atoms with Crippen LogP contribution in [0.4, 0.5) is 5.69 Å². The van der Waals surface area contributed by atoms with Gasteiger partial charge < -0.3 is 9.80 Å². The number of anilines is 1. The summed E-state index contributed by atoms with van der Waals surface area (Å²) in [5.41, 5.74) is 1.58. The molecule has 2 aliphatic heterocycles. The minimum absolute atomic E-state index is 0.0476. The number of carbonyl (C=O) groups is 1. The van der Waals surface area contributed by atoms with Gasteiger partial charge in [0.2, 0.25) is 5.91 Å². The molecule has 142 valence electrons. The lowest BCUT2D eigenvalue weighted by Gasteiger charge is -2.38. The van der Waals surface area contributed by atoms with Crippen molar-refractivity contribution in [1.82, 2.24) is 14.5 Å². The zero-order valence-corrected chi connectivity index (χ0v) is 16.7. The Balaban J connectivity index is 1.42. The molecule has 3 heterocycles. The summed E-state index contributed by atoms with van der Waals surface area (Å²) in [5, 5.41) is 1.44. The number of para-hydroxylation sites is 1. The maximum Gasteiger partial charge on any atom is 0.257 e. The minimum Gasteiger partial charge on any atom is -0.367 e. The zero-order chi connectivity index (χ0) is 19.0. The Bertz CT molecular complexity index is 924. The number of carbonyl (C=O) groups excluding carboxylic acids is 1. The third-order valence-electron chi connectivity index (χ3n) is 5.13. The van der Waals surface area contributed by atoms with Crippen LogP contribution >= 0.6 is 23.4 Å². The molecule has 0 saturated carbocycles. The number of benzene rings is 1. The highest BCUT2D eigenvalue weighted by Gasteiger charge is 2.32. The van der Waals surface area contributed by atoms with Gasteiger partial charge in [0.25, 0.3) is 5.56 Å². The zero-order valence-electron chi connectivity index (χ0n) is 15.1. The first-order valence-electron chi connectivity index (χ1n) is 9.02. The highest BCUT2D eigenvalue weighted by Crippen LogP contribution is 2.28. The topological polar surface area (TPSA) is 58.4 Å². The quantitative estimate of drug-likeness (QED) is 0.719. The summed E-state index contributed by atoms with van der Waals surface area (Å²) in [5.74, 6) is 0.607. The van der Waals surface area contributed by atoms with E-state index in [-0.39, 0.29) is 17.4 Å². The van der Waals surface area contributed by atoms with E-state index in [0.29, 0.717) is 36.1 Å². The molecule has 8 heteroatoms. The van der Waals surface area contributed by atoms with Crippen LogP contribution in [0.3, 0.4) is 0 Å². The SMILES string of the molecule is Cc1cnc2n(c1=O)CC(C(=O)N1CCN(c3ccccc3Cl)CC1)CS2. The van der Waals surface area contributed by atoms with Crippen LogP contribution in [0.1, 0.15) is 5.56 Å². The molecule has 0 radical (unpaired) electrons. The number of aromatic nitrogens is 2. The van der Waals surface area contributed by atoms with Crippen molar-refractivity contribution >= 4 is 35.0 Å². The number of piperazine rings is 1. The molecule has 1 aromatic heterocycles. The summed E-state index contributed by atoms with van der Waals surface area (Å²) < 4.78 is 1.64. The van der Waals surface area contributed by atoms with Gasteiger partial charge >= 0.3 is 0 Å². The van der Waals surface area contributed by atoms with Crippen LogP contribution in [-0.2, 0) is 11.3 Å². The van der Waals surface area contributed by atoms with E-state index in [0.717, 1.165) is 23.8 Å². The predicted octanol–water partition coefficient (Wildman–Crippen LogP) is 2.28. The van der Waals surface area contributed by atoms with E-state index in [1.54, 1.807) is 17.7 Å². The molecule has 2 aliphatic rings. The van der Waals surface area contributed by atoms with Gasteiger partial charge in [-0.05, 0) is 19.1 Å². The van der Waals surface area contributed by atoms with Crippen LogP contribution in [-0.4, -0.2) is 52.3 Å². The summed E-state index contributed by atoms with van der Waals surface area (Å²) in [6.07, 6.45) is 1.61. The fourth-order valence-electron chi connectivity index (χ4n) is 3.58. The first-order valence-corrected chi connectivity index (χ1v) is 10.4. The third kappa shape index (κ3) is 3.58. The standard InChI is InChI=1S/C19H21ClN4O2S/c1-13-10-21-19-24(17(13)25)11-14(12-27-19)18(26)23-8-6-22(7-9-23)16-5-3-2-4-15(16)20/h2-5,10,14H,6-9,11-12H2,1H3.